The first kappa shape index (κ1) is 17.4. The number of hydrogen-bond donors (Lipinski definition) is 0. The topological polar surface area (TPSA) is 109 Å². The zero-order valence-electron chi connectivity index (χ0n) is 12.9. The Morgan fingerprint density at radius 2 is 1.92 bits per heavy atom. The number of esters is 2. The molecular weight excluding hydrogens is 325 g/mol. The van der Waals surface area contributed by atoms with Gasteiger partial charge in [-0.2, -0.15) is 0 Å². The van der Waals surface area contributed by atoms with Gasteiger partial charge >= 0.3 is 11.9 Å². The number of halogens is 1. The van der Waals surface area contributed by atoms with Crippen molar-refractivity contribution in [2.75, 3.05) is 20.8 Å². The number of rotatable bonds is 6. The van der Waals surface area contributed by atoms with Crippen molar-refractivity contribution in [3.63, 3.8) is 0 Å². The zero-order valence-corrected chi connectivity index (χ0v) is 12.9. The highest BCUT2D eigenvalue weighted by Gasteiger charge is 2.42. The van der Waals surface area contributed by atoms with Crippen LogP contribution in [-0.2, 0) is 19.1 Å². The first-order chi connectivity index (χ1) is 11.4. The monoisotopic (exact) mass is 339 g/mol. The lowest BCUT2D eigenvalue weighted by Crippen LogP contribution is -2.36. The highest BCUT2D eigenvalue weighted by molar-refractivity contribution is 5.96. The standard InChI is InChI=1S/C15H14FNO7/c1-22-14(18)13(15(19)23-2)10(7-17(20)21)9-5-8-3-4-24-12(8)6-11(9)16/h3-6,10,13H,7H2,1-2H3/t10-/m0/s1. The summed E-state index contributed by atoms with van der Waals surface area (Å²) in [6, 6.07) is 3.89. The maximum atomic E-state index is 14.4. The fourth-order valence-corrected chi connectivity index (χ4v) is 2.51. The molecule has 0 bridgehead atoms. The predicted octanol–water partition coefficient (Wildman–Crippen LogP) is 1.89. The Hall–Kier alpha value is -2.97. The van der Waals surface area contributed by atoms with Gasteiger partial charge in [0.15, 0.2) is 5.92 Å². The lowest BCUT2D eigenvalue weighted by molar-refractivity contribution is -0.484. The molecule has 2 rings (SSSR count). The minimum atomic E-state index is -1.66. The number of carbonyl (C=O) groups is 2. The third-order valence-electron chi connectivity index (χ3n) is 3.63. The minimum absolute atomic E-state index is 0.165. The molecule has 0 saturated carbocycles. The molecule has 128 valence electrons. The average molecular weight is 339 g/mol. The summed E-state index contributed by atoms with van der Waals surface area (Å²) in [7, 11) is 2.05. The van der Waals surface area contributed by atoms with Crippen molar-refractivity contribution in [1.82, 2.24) is 0 Å². The molecule has 8 nitrogen and oxygen atoms in total. The molecule has 24 heavy (non-hydrogen) atoms. The third-order valence-corrected chi connectivity index (χ3v) is 3.63. The Labute approximate surface area is 135 Å². The Morgan fingerprint density at radius 3 is 2.46 bits per heavy atom. The quantitative estimate of drug-likeness (QED) is 0.342. The van der Waals surface area contributed by atoms with E-state index in [2.05, 4.69) is 9.47 Å². The van der Waals surface area contributed by atoms with Gasteiger partial charge in [-0.1, -0.05) is 0 Å². The molecule has 0 amide bonds. The van der Waals surface area contributed by atoms with Gasteiger partial charge in [0.1, 0.15) is 11.4 Å². The second-order valence-corrected chi connectivity index (χ2v) is 4.98. The molecule has 0 saturated heterocycles. The zero-order chi connectivity index (χ0) is 17.9. The second kappa shape index (κ2) is 7.07. The van der Waals surface area contributed by atoms with Crippen LogP contribution in [0.4, 0.5) is 4.39 Å². The van der Waals surface area contributed by atoms with Crippen LogP contribution in [0, 0.1) is 21.8 Å². The van der Waals surface area contributed by atoms with Gasteiger partial charge in [0.25, 0.3) is 0 Å². The van der Waals surface area contributed by atoms with E-state index in [0.717, 1.165) is 20.3 Å². The molecule has 1 atom stereocenters. The molecule has 0 unspecified atom stereocenters. The summed E-state index contributed by atoms with van der Waals surface area (Å²) in [5.74, 6) is -5.97. The van der Waals surface area contributed by atoms with Gasteiger partial charge in [-0.05, 0) is 17.7 Å². The number of nitrogens with zero attached hydrogens (tertiary/aromatic N) is 1. The van der Waals surface area contributed by atoms with E-state index in [4.69, 9.17) is 4.42 Å². The summed E-state index contributed by atoms with van der Waals surface area (Å²) in [6.45, 7) is -0.852. The fourth-order valence-electron chi connectivity index (χ4n) is 2.51. The van der Waals surface area contributed by atoms with Gasteiger partial charge in [-0.3, -0.25) is 19.7 Å². The van der Waals surface area contributed by atoms with Crippen LogP contribution in [0.25, 0.3) is 11.0 Å². The summed E-state index contributed by atoms with van der Waals surface area (Å²) in [5, 5.41) is 11.5. The van der Waals surface area contributed by atoms with Gasteiger partial charge < -0.3 is 13.9 Å². The molecule has 1 heterocycles. The average Bonchev–Trinajstić information content (AvgIpc) is 2.99. The number of methoxy groups -OCH3 is 2. The molecule has 0 fully saturated rings. The van der Waals surface area contributed by atoms with Crippen molar-refractivity contribution in [3.05, 3.63) is 46.0 Å². The number of carbonyl (C=O) groups excluding carboxylic acids is 2. The Bertz CT molecular complexity index is 769. The van der Waals surface area contributed by atoms with Crippen LogP contribution in [0.1, 0.15) is 11.5 Å². The lowest BCUT2D eigenvalue weighted by atomic mass is 9.85. The number of furan rings is 1. The summed E-state index contributed by atoms with van der Waals surface area (Å²) in [4.78, 5) is 34.2. The molecule has 0 aliphatic rings. The molecule has 9 heteroatoms. The minimum Gasteiger partial charge on any atom is -0.468 e. The van der Waals surface area contributed by atoms with Crippen molar-refractivity contribution in [3.8, 4) is 0 Å². The van der Waals surface area contributed by atoms with Crippen LogP contribution >= 0.6 is 0 Å². The van der Waals surface area contributed by atoms with Crippen molar-refractivity contribution in [2.24, 2.45) is 5.92 Å². The van der Waals surface area contributed by atoms with Crippen LogP contribution in [0.5, 0.6) is 0 Å². The van der Waals surface area contributed by atoms with E-state index in [-0.39, 0.29) is 11.1 Å². The maximum Gasteiger partial charge on any atom is 0.320 e. The van der Waals surface area contributed by atoms with E-state index in [1.807, 2.05) is 0 Å². The molecular formula is C15H14FNO7. The SMILES string of the molecule is COC(=O)C(C(=O)OC)[C@@H](C[N+](=O)[O-])c1cc2ccoc2cc1F. The van der Waals surface area contributed by atoms with E-state index in [0.29, 0.717) is 5.39 Å². The van der Waals surface area contributed by atoms with Crippen molar-refractivity contribution >= 4 is 22.9 Å². The number of nitro groups is 1. The smallest absolute Gasteiger partial charge is 0.320 e. The van der Waals surface area contributed by atoms with Gasteiger partial charge in [0, 0.05) is 16.4 Å². The van der Waals surface area contributed by atoms with Crippen LogP contribution in [0.2, 0.25) is 0 Å². The third kappa shape index (κ3) is 3.34. The number of ether oxygens (including phenoxy) is 2. The summed E-state index contributed by atoms with van der Waals surface area (Å²) in [6.07, 6.45) is 1.33. The molecule has 2 aromatic rings. The summed E-state index contributed by atoms with van der Waals surface area (Å²) in [5.41, 5.74) is 0.0742. The fraction of sp³-hybridized carbons (Fsp3) is 0.333. The lowest BCUT2D eigenvalue weighted by Gasteiger charge is -2.21. The highest BCUT2D eigenvalue weighted by Crippen LogP contribution is 2.32. The van der Waals surface area contributed by atoms with E-state index < -0.39 is 41.1 Å². The molecule has 1 aromatic carbocycles. The highest BCUT2D eigenvalue weighted by atomic mass is 19.1. The summed E-state index contributed by atoms with van der Waals surface area (Å²) >= 11 is 0. The van der Waals surface area contributed by atoms with E-state index in [1.54, 1.807) is 0 Å². The largest absolute Gasteiger partial charge is 0.468 e. The predicted molar refractivity (Wildman–Crippen MR) is 78.3 cm³/mol. The molecule has 0 radical (unpaired) electrons. The van der Waals surface area contributed by atoms with Crippen molar-refractivity contribution < 1.29 is 32.8 Å². The normalized spacial score (nSPS) is 12.2. The van der Waals surface area contributed by atoms with Crippen molar-refractivity contribution in [2.45, 2.75) is 5.92 Å². The molecule has 1 aromatic heterocycles. The first-order valence-corrected chi connectivity index (χ1v) is 6.83. The van der Waals surface area contributed by atoms with Crippen LogP contribution in [0.15, 0.2) is 28.9 Å². The van der Waals surface area contributed by atoms with Gasteiger partial charge in [-0.25, -0.2) is 4.39 Å². The van der Waals surface area contributed by atoms with E-state index in [9.17, 15) is 24.1 Å². The molecule has 0 aliphatic heterocycles. The number of fused-ring (bicyclic) bond motifs is 1. The van der Waals surface area contributed by atoms with Gasteiger partial charge in [0.05, 0.1) is 26.4 Å². The molecule has 0 aliphatic carbocycles. The van der Waals surface area contributed by atoms with Crippen LogP contribution in [0.3, 0.4) is 0 Å². The molecule has 0 N–H and O–H groups in total. The Morgan fingerprint density at radius 1 is 1.29 bits per heavy atom. The van der Waals surface area contributed by atoms with Crippen LogP contribution in [-0.4, -0.2) is 37.6 Å². The first-order valence-electron chi connectivity index (χ1n) is 6.83. The van der Waals surface area contributed by atoms with E-state index >= 15 is 0 Å². The summed E-state index contributed by atoms with van der Waals surface area (Å²) < 4.78 is 28.5. The second-order valence-electron chi connectivity index (χ2n) is 4.98. The van der Waals surface area contributed by atoms with Gasteiger partial charge in [0.2, 0.25) is 6.54 Å². The Kier molecular flexibility index (Phi) is 5.12. The molecule has 0 spiro atoms. The maximum absolute atomic E-state index is 14.4. The van der Waals surface area contributed by atoms with E-state index in [1.165, 1.54) is 18.4 Å². The van der Waals surface area contributed by atoms with Gasteiger partial charge in [-0.15, -0.1) is 0 Å². The van der Waals surface area contributed by atoms with Crippen molar-refractivity contribution in [1.29, 1.82) is 0 Å². The number of benzene rings is 1. The number of hydrogen-bond acceptors (Lipinski definition) is 7. The van der Waals surface area contributed by atoms with Crippen LogP contribution < -0.4 is 0 Å². The Balaban J connectivity index is 2.59.